The maximum atomic E-state index is 13.0. The maximum Gasteiger partial charge on any atom is 0.151 e. The molecule has 0 radical (unpaired) electrons. The minimum Gasteiger partial charge on any atom is -0.382 e. The van der Waals surface area contributed by atoms with Gasteiger partial charge in [0.1, 0.15) is 11.4 Å². The molecule has 1 N–H and O–H groups in total. The second-order valence-corrected chi connectivity index (χ2v) is 4.16. The Bertz CT molecular complexity index is 350. The third kappa shape index (κ3) is 2.62. The average molecular weight is 261 g/mol. The van der Waals surface area contributed by atoms with Crippen LogP contribution in [0.3, 0.4) is 0 Å². The van der Waals surface area contributed by atoms with Gasteiger partial charge in [0, 0.05) is 6.42 Å². The van der Waals surface area contributed by atoms with E-state index in [2.05, 4.69) is 15.9 Å². The Labute approximate surface area is 89.9 Å². The van der Waals surface area contributed by atoms with Gasteiger partial charge in [-0.15, -0.1) is 0 Å². The lowest BCUT2D eigenvalue weighted by atomic mass is 9.98. The van der Waals surface area contributed by atoms with Crippen LogP contribution >= 0.6 is 15.9 Å². The van der Waals surface area contributed by atoms with E-state index in [1.165, 1.54) is 19.1 Å². The molecule has 0 aliphatic rings. The Morgan fingerprint density at radius 1 is 1.64 bits per heavy atom. The second kappa shape index (κ2) is 4.19. The van der Waals surface area contributed by atoms with Crippen LogP contribution in [0.4, 0.5) is 4.39 Å². The van der Waals surface area contributed by atoms with E-state index in [1.54, 1.807) is 6.07 Å². The van der Waals surface area contributed by atoms with Gasteiger partial charge < -0.3 is 9.90 Å². The summed E-state index contributed by atoms with van der Waals surface area (Å²) in [4.78, 5) is 10.5. The first-order chi connectivity index (χ1) is 6.46. The molecular formula is C10H10BrFO2. The number of halogens is 2. The number of carbonyl (C=O) groups excluding carboxylic acids is 1. The third-order valence-corrected chi connectivity index (χ3v) is 2.72. The first kappa shape index (κ1) is 11.3. The number of benzene rings is 1. The predicted molar refractivity (Wildman–Crippen MR) is 54.5 cm³/mol. The van der Waals surface area contributed by atoms with Crippen molar-refractivity contribution >= 4 is 22.2 Å². The summed E-state index contributed by atoms with van der Waals surface area (Å²) in [6, 6.07) is 4.50. The Hall–Kier alpha value is -0.740. The van der Waals surface area contributed by atoms with Crippen molar-refractivity contribution in [1.82, 2.24) is 0 Å². The molecule has 0 fully saturated rings. The van der Waals surface area contributed by atoms with Crippen molar-refractivity contribution in [2.45, 2.75) is 18.9 Å². The van der Waals surface area contributed by atoms with Gasteiger partial charge in [0.25, 0.3) is 0 Å². The summed E-state index contributed by atoms with van der Waals surface area (Å²) in [5.41, 5.74) is -0.877. The van der Waals surface area contributed by atoms with E-state index >= 15 is 0 Å². The topological polar surface area (TPSA) is 37.3 Å². The Morgan fingerprint density at radius 3 is 2.86 bits per heavy atom. The molecule has 1 atom stereocenters. The smallest absolute Gasteiger partial charge is 0.151 e. The van der Waals surface area contributed by atoms with Gasteiger partial charge in [-0.05, 0) is 34.5 Å². The summed E-state index contributed by atoms with van der Waals surface area (Å²) in [7, 11) is 0. The van der Waals surface area contributed by atoms with Gasteiger partial charge in [-0.2, -0.15) is 0 Å². The molecule has 0 saturated heterocycles. The van der Waals surface area contributed by atoms with Crippen LogP contribution in [0.15, 0.2) is 22.7 Å². The van der Waals surface area contributed by atoms with Crippen LogP contribution in [-0.2, 0) is 11.2 Å². The van der Waals surface area contributed by atoms with Crippen molar-refractivity contribution in [2.24, 2.45) is 0 Å². The van der Waals surface area contributed by atoms with Crippen LogP contribution in [0.5, 0.6) is 0 Å². The molecule has 1 aromatic carbocycles. The highest BCUT2D eigenvalue weighted by Crippen LogP contribution is 2.23. The van der Waals surface area contributed by atoms with Gasteiger partial charge in [-0.1, -0.05) is 12.1 Å². The molecule has 0 bridgehead atoms. The second-order valence-electron chi connectivity index (χ2n) is 3.36. The van der Waals surface area contributed by atoms with E-state index in [4.69, 9.17) is 0 Å². The van der Waals surface area contributed by atoms with E-state index in [-0.39, 0.29) is 6.42 Å². The highest BCUT2D eigenvalue weighted by Gasteiger charge is 2.21. The molecule has 4 heteroatoms. The van der Waals surface area contributed by atoms with E-state index in [1.807, 2.05) is 0 Å². The largest absolute Gasteiger partial charge is 0.382 e. The van der Waals surface area contributed by atoms with E-state index in [0.717, 1.165) is 0 Å². The molecule has 0 aliphatic carbocycles. The number of hydrogen-bond donors (Lipinski definition) is 1. The van der Waals surface area contributed by atoms with Crippen LogP contribution in [0.2, 0.25) is 0 Å². The zero-order valence-electron chi connectivity index (χ0n) is 7.63. The molecule has 1 aromatic rings. The molecule has 2 nitrogen and oxygen atoms in total. The molecule has 0 aliphatic heterocycles. The van der Waals surface area contributed by atoms with Gasteiger partial charge in [-0.25, -0.2) is 4.39 Å². The number of hydrogen-bond acceptors (Lipinski definition) is 2. The fourth-order valence-corrected chi connectivity index (χ4v) is 1.52. The lowest BCUT2D eigenvalue weighted by molar-refractivity contribution is -0.122. The van der Waals surface area contributed by atoms with Gasteiger partial charge in [0.2, 0.25) is 0 Å². The number of carbonyl (C=O) groups is 1. The molecule has 1 rings (SSSR count). The van der Waals surface area contributed by atoms with Gasteiger partial charge in [0.15, 0.2) is 6.29 Å². The van der Waals surface area contributed by atoms with Crippen molar-refractivity contribution in [2.75, 3.05) is 0 Å². The highest BCUT2D eigenvalue weighted by atomic mass is 79.9. The maximum absolute atomic E-state index is 13.0. The molecule has 76 valence electrons. The lowest BCUT2D eigenvalue weighted by Gasteiger charge is -2.16. The van der Waals surface area contributed by atoms with Gasteiger partial charge >= 0.3 is 0 Å². The monoisotopic (exact) mass is 260 g/mol. The Kier molecular flexibility index (Phi) is 3.39. The van der Waals surface area contributed by atoms with Crippen LogP contribution in [0.25, 0.3) is 0 Å². The predicted octanol–water partition coefficient (Wildman–Crippen LogP) is 2.08. The minimum atomic E-state index is -1.45. The summed E-state index contributed by atoms with van der Waals surface area (Å²) in [5.74, 6) is -0.399. The van der Waals surface area contributed by atoms with Crippen LogP contribution in [0, 0.1) is 5.82 Å². The SMILES string of the molecule is CC(O)(C=O)Cc1cccc(F)c1Br. The highest BCUT2D eigenvalue weighted by molar-refractivity contribution is 9.10. The van der Waals surface area contributed by atoms with Gasteiger partial charge in [0.05, 0.1) is 4.47 Å². The molecule has 1 unspecified atom stereocenters. The van der Waals surface area contributed by atoms with Crippen molar-refractivity contribution in [1.29, 1.82) is 0 Å². The van der Waals surface area contributed by atoms with Crippen molar-refractivity contribution in [3.8, 4) is 0 Å². The molecule has 0 amide bonds. The fraction of sp³-hybridized carbons (Fsp3) is 0.300. The first-order valence-electron chi connectivity index (χ1n) is 4.08. The molecule has 0 heterocycles. The number of aliphatic hydroxyl groups is 1. The molecule has 0 saturated carbocycles. The fourth-order valence-electron chi connectivity index (χ4n) is 1.11. The van der Waals surface area contributed by atoms with Crippen LogP contribution in [0.1, 0.15) is 12.5 Å². The number of rotatable bonds is 3. The number of aldehydes is 1. The Morgan fingerprint density at radius 2 is 2.29 bits per heavy atom. The summed E-state index contributed by atoms with van der Waals surface area (Å²) in [6.45, 7) is 1.39. The zero-order chi connectivity index (χ0) is 10.8. The summed E-state index contributed by atoms with van der Waals surface area (Å²) in [6.07, 6.45) is 0.541. The normalized spacial score (nSPS) is 14.9. The summed E-state index contributed by atoms with van der Waals surface area (Å²) in [5, 5.41) is 9.48. The molecule has 14 heavy (non-hydrogen) atoms. The lowest BCUT2D eigenvalue weighted by Crippen LogP contribution is -2.29. The third-order valence-electron chi connectivity index (χ3n) is 1.83. The zero-order valence-corrected chi connectivity index (χ0v) is 9.21. The Balaban J connectivity index is 2.98. The molecule has 0 spiro atoms. The van der Waals surface area contributed by atoms with Crippen molar-refractivity contribution in [3.05, 3.63) is 34.1 Å². The van der Waals surface area contributed by atoms with E-state index in [0.29, 0.717) is 16.3 Å². The van der Waals surface area contributed by atoms with Crippen molar-refractivity contribution < 1.29 is 14.3 Å². The average Bonchev–Trinajstić information content (AvgIpc) is 2.13. The standard InChI is InChI=1S/C10H10BrFO2/c1-10(14,6-13)5-7-3-2-4-8(12)9(7)11/h2-4,6,14H,5H2,1H3. The quantitative estimate of drug-likeness (QED) is 0.846. The van der Waals surface area contributed by atoms with Crippen LogP contribution in [-0.4, -0.2) is 17.0 Å². The molecule has 0 aromatic heterocycles. The minimum absolute atomic E-state index is 0.0921. The van der Waals surface area contributed by atoms with Gasteiger partial charge in [-0.3, -0.25) is 0 Å². The molecular weight excluding hydrogens is 251 g/mol. The first-order valence-corrected chi connectivity index (χ1v) is 4.87. The van der Waals surface area contributed by atoms with E-state index < -0.39 is 11.4 Å². The van der Waals surface area contributed by atoms with Crippen LogP contribution < -0.4 is 0 Å². The summed E-state index contributed by atoms with van der Waals surface area (Å²) < 4.78 is 13.3. The van der Waals surface area contributed by atoms with E-state index in [9.17, 15) is 14.3 Å². The van der Waals surface area contributed by atoms with Crippen molar-refractivity contribution in [3.63, 3.8) is 0 Å². The summed E-state index contributed by atoms with van der Waals surface area (Å²) >= 11 is 3.06.